The molecule has 4 heteroatoms. The zero-order valence-electron chi connectivity index (χ0n) is 12.3. The molecule has 1 aliphatic carbocycles. The first-order chi connectivity index (χ1) is 10.1. The SMILES string of the molecule is OCC1(CN2CCC[C@@H]2c2cc(F)cc(F)c2)CCCC1. The highest BCUT2D eigenvalue weighted by Crippen LogP contribution is 2.42. The number of halogens is 2. The minimum atomic E-state index is -0.505. The smallest absolute Gasteiger partial charge is 0.126 e. The molecular weight excluding hydrogens is 272 g/mol. The number of aliphatic hydroxyl groups is 1. The van der Waals surface area contributed by atoms with Crippen LogP contribution in [0.15, 0.2) is 18.2 Å². The second-order valence-electron chi connectivity index (χ2n) is 6.70. The molecule has 0 aromatic heterocycles. The number of rotatable bonds is 4. The van der Waals surface area contributed by atoms with E-state index < -0.39 is 11.6 Å². The average molecular weight is 295 g/mol. The fourth-order valence-corrected chi connectivity index (χ4v) is 4.08. The summed E-state index contributed by atoms with van der Waals surface area (Å²) in [6.07, 6.45) is 6.45. The van der Waals surface area contributed by atoms with Gasteiger partial charge in [-0.1, -0.05) is 12.8 Å². The Morgan fingerprint density at radius 2 is 1.76 bits per heavy atom. The summed E-state index contributed by atoms with van der Waals surface area (Å²) in [7, 11) is 0. The number of nitrogens with zero attached hydrogens (tertiary/aromatic N) is 1. The fraction of sp³-hybridized carbons (Fsp3) is 0.647. The van der Waals surface area contributed by atoms with E-state index in [1.807, 2.05) is 0 Å². The highest BCUT2D eigenvalue weighted by atomic mass is 19.1. The largest absolute Gasteiger partial charge is 0.396 e. The van der Waals surface area contributed by atoms with Gasteiger partial charge in [-0.25, -0.2) is 8.78 Å². The summed E-state index contributed by atoms with van der Waals surface area (Å²) < 4.78 is 26.9. The van der Waals surface area contributed by atoms with E-state index in [-0.39, 0.29) is 18.1 Å². The van der Waals surface area contributed by atoms with Crippen LogP contribution >= 0.6 is 0 Å². The molecule has 1 aliphatic heterocycles. The highest BCUT2D eigenvalue weighted by Gasteiger charge is 2.38. The summed E-state index contributed by atoms with van der Waals surface area (Å²) in [4.78, 5) is 2.32. The maximum atomic E-state index is 13.5. The Bertz CT molecular complexity index is 479. The zero-order valence-corrected chi connectivity index (χ0v) is 12.3. The number of benzene rings is 1. The summed E-state index contributed by atoms with van der Waals surface area (Å²) in [6, 6.07) is 3.91. The van der Waals surface area contributed by atoms with Gasteiger partial charge in [-0.3, -0.25) is 4.90 Å². The van der Waals surface area contributed by atoms with E-state index in [0.717, 1.165) is 50.4 Å². The van der Waals surface area contributed by atoms with E-state index in [4.69, 9.17) is 0 Å². The van der Waals surface area contributed by atoms with Gasteiger partial charge >= 0.3 is 0 Å². The molecule has 2 fully saturated rings. The molecule has 1 atom stereocenters. The van der Waals surface area contributed by atoms with E-state index in [1.165, 1.54) is 25.0 Å². The van der Waals surface area contributed by atoms with Gasteiger partial charge < -0.3 is 5.11 Å². The molecule has 1 saturated heterocycles. The van der Waals surface area contributed by atoms with Crippen LogP contribution in [0.25, 0.3) is 0 Å². The monoisotopic (exact) mass is 295 g/mol. The first-order valence-corrected chi connectivity index (χ1v) is 7.93. The highest BCUT2D eigenvalue weighted by molar-refractivity contribution is 5.22. The summed E-state index contributed by atoms with van der Waals surface area (Å²) in [5.41, 5.74) is 0.727. The Morgan fingerprint density at radius 1 is 1.10 bits per heavy atom. The Kier molecular flexibility index (Phi) is 4.27. The molecular formula is C17H23F2NO. The Morgan fingerprint density at radius 3 is 2.38 bits per heavy atom. The van der Waals surface area contributed by atoms with Crippen molar-refractivity contribution in [3.05, 3.63) is 35.4 Å². The van der Waals surface area contributed by atoms with E-state index in [9.17, 15) is 13.9 Å². The van der Waals surface area contributed by atoms with Crippen LogP contribution in [-0.4, -0.2) is 29.7 Å². The van der Waals surface area contributed by atoms with Crippen molar-refractivity contribution < 1.29 is 13.9 Å². The lowest BCUT2D eigenvalue weighted by Crippen LogP contribution is -2.38. The van der Waals surface area contributed by atoms with Crippen LogP contribution in [0.5, 0.6) is 0 Å². The van der Waals surface area contributed by atoms with Crippen molar-refractivity contribution in [3.63, 3.8) is 0 Å². The predicted molar refractivity (Wildman–Crippen MR) is 77.9 cm³/mol. The van der Waals surface area contributed by atoms with Crippen LogP contribution in [0.2, 0.25) is 0 Å². The van der Waals surface area contributed by atoms with E-state index >= 15 is 0 Å². The van der Waals surface area contributed by atoms with Gasteiger partial charge in [0.15, 0.2) is 0 Å². The number of hydrogen-bond donors (Lipinski definition) is 1. The van der Waals surface area contributed by atoms with Gasteiger partial charge in [0.1, 0.15) is 11.6 Å². The van der Waals surface area contributed by atoms with Crippen LogP contribution in [0.3, 0.4) is 0 Å². The molecule has 0 radical (unpaired) electrons. The Labute approximate surface area is 124 Å². The fourth-order valence-electron chi connectivity index (χ4n) is 4.08. The van der Waals surface area contributed by atoms with Crippen LogP contribution < -0.4 is 0 Å². The Balaban J connectivity index is 1.79. The van der Waals surface area contributed by atoms with E-state index in [1.54, 1.807) is 0 Å². The van der Waals surface area contributed by atoms with E-state index in [0.29, 0.717) is 0 Å². The van der Waals surface area contributed by atoms with E-state index in [2.05, 4.69) is 4.90 Å². The van der Waals surface area contributed by atoms with Crippen molar-refractivity contribution in [3.8, 4) is 0 Å². The van der Waals surface area contributed by atoms with Crippen molar-refractivity contribution in [2.24, 2.45) is 5.41 Å². The van der Waals surface area contributed by atoms with Gasteiger partial charge in [-0.2, -0.15) is 0 Å². The second-order valence-corrected chi connectivity index (χ2v) is 6.70. The summed E-state index contributed by atoms with van der Waals surface area (Å²) >= 11 is 0. The minimum Gasteiger partial charge on any atom is -0.396 e. The maximum Gasteiger partial charge on any atom is 0.126 e. The first kappa shape index (κ1) is 14.9. The van der Waals surface area contributed by atoms with Gasteiger partial charge in [-0.15, -0.1) is 0 Å². The third-order valence-electron chi connectivity index (χ3n) is 5.17. The van der Waals surface area contributed by atoms with Crippen molar-refractivity contribution in [2.45, 2.75) is 44.6 Å². The molecule has 0 spiro atoms. The van der Waals surface area contributed by atoms with Crippen molar-refractivity contribution in [2.75, 3.05) is 19.7 Å². The molecule has 2 aliphatic rings. The molecule has 3 rings (SSSR count). The molecule has 1 aromatic carbocycles. The molecule has 0 amide bonds. The van der Waals surface area contributed by atoms with Crippen LogP contribution in [-0.2, 0) is 0 Å². The summed E-state index contributed by atoms with van der Waals surface area (Å²) in [5, 5.41) is 9.78. The lowest BCUT2D eigenvalue weighted by Gasteiger charge is -2.35. The topological polar surface area (TPSA) is 23.5 Å². The van der Waals surface area contributed by atoms with Crippen LogP contribution in [0.1, 0.15) is 50.1 Å². The molecule has 0 bridgehead atoms. The molecule has 1 heterocycles. The van der Waals surface area contributed by atoms with Gasteiger partial charge in [0.25, 0.3) is 0 Å². The average Bonchev–Trinajstić information content (AvgIpc) is 3.08. The number of hydrogen-bond acceptors (Lipinski definition) is 2. The van der Waals surface area contributed by atoms with Gasteiger partial charge in [0, 0.05) is 30.7 Å². The number of aliphatic hydroxyl groups excluding tert-OH is 1. The zero-order chi connectivity index (χ0) is 14.9. The molecule has 1 aromatic rings. The molecule has 1 N–H and O–H groups in total. The molecule has 1 saturated carbocycles. The lowest BCUT2D eigenvalue weighted by atomic mass is 9.86. The minimum absolute atomic E-state index is 0.00550. The van der Waals surface area contributed by atoms with Crippen molar-refractivity contribution in [1.82, 2.24) is 4.90 Å². The van der Waals surface area contributed by atoms with Crippen LogP contribution in [0, 0.1) is 17.0 Å². The van der Waals surface area contributed by atoms with Crippen molar-refractivity contribution >= 4 is 0 Å². The van der Waals surface area contributed by atoms with Gasteiger partial charge in [-0.05, 0) is 49.9 Å². The number of likely N-dealkylation sites (tertiary alicyclic amines) is 1. The third kappa shape index (κ3) is 3.11. The third-order valence-corrected chi connectivity index (χ3v) is 5.17. The predicted octanol–water partition coefficient (Wildman–Crippen LogP) is 3.65. The van der Waals surface area contributed by atoms with Gasteiger partial charge in [0.05, 0.1) is 0 Å². The first-order valence-electron chi connectivity index (χ1n) is 7.93. The van der Waals surface area contributed by atoms with Gasteiger partial charge in [0.2, 0.25) is 0 Å². The molecule has 0 unspecified atom stereocenters. The standard InChI is InChI=1S/C17H23F2NO/c18-14-8-13(9-15(19)10-14)16-4-3-7-20(16)11-17(12-21)5-1-2-6-17/h8-10,16,21H,1-7,11-12H2/t16-/m1/s1. The molecule has 2 nitrogen and oxygen atoms in total. The molecule has 21 heavy (non-hydrogen) atoms. The quantitative estimate of drug-likeness (QED) is 0.916. The summed E-state index contributed by atoms with van der Waals surface area (Å²) in [5.74, 6) is -1.01. The van der Waals surface area contributed by atoms with Crippen LogP contribution in [0.4, 0.5) is 8.78 Å². The normalized spacial score (nSPS) is 25.6. The maximum absolute atomic E-state index is 13.5. The molecule has 116 valence electrons. The second kappa shape index (κ2) is 6.01. The van der Waals surface area contributed by atoms with Crippen molar-refractivity contribution in [1.29, 1.82) is 0 Å². The lowest BCUT2D eigenvalue weighted by molar-refractivity contribution is 0.0725. The Hall–Kier alpha value is -1.00. The summed E-state index contributed by atoms with van der Waals surface area (Å²) in [6.45, 7) is 2.00.